The molecular weight excluding hydrogens is 364 g/mol. The second kappa shape index (κ2) is 10.1. The van der Waals surface area contributed by atoms with E-state index in [2.05, 4.69) is 33.9 Å². The first-order valence-electron chi connectivity index (χ1n) is 9.96. The van der Waals surface area contributed by atoms with Crippen LogP contribution in [-0.2, 0) is 28.2 Å². The highest BCUT2D eigenvalue weighted by Gasteiger charge is 2.49. The Balaban J connectivity index is 2.97. The first kappa shape index (κ1) is 24.3. The molecular formula is C20H38O6Si. The fourth-order valence-electron chi connectivity index (χ4n) is 3.35. The van der Waals surface area contributed by atoms with Gasteiger partial charge in [0.15, 0.2) is 14.6 Å². The van der Waals surface area contributed by atoms with Gasteiger partial charge in [0.1, 0.15) is 6.29 Å². The van der Waals surface area contributed by atoms with Crippen LogP contribution in [0.5, 0.6) is 0 Å². The molecule has 27 heavy (non-hydrogen) atoms. The van der Waals surface area contributed by atoms with E-state index in [1.807, 2.05) is 13.8 Å². The molecule has 0 N–H and O–H groups in total. The Morgan fingerprint density at radius 2 is 1.89 bits per heavy atom. The number of aldehydes is 1. The van der Waals surface area contributed by atoms with Crippen LogP contribution in [0.3, 0.4) is 0 Å². The lowest BCUT2D eigenvalue weighted by Crippen LogP contribution is -2.45. The van der Waals surface area contributed by atoms with Crippen LogP contribution in [0.2, 0.25) is 18.1 Å². The van der Waals surface area contributed by atoms with Crippen molar-refractivity contribution in [1.82, 2.24) is 0 Å². The molecule has 0 aliphatic heterocycles. The third-order valence-electron chi connectivity index (χ3n) is 5.80. The molecule has 0 spiro atoms. The minimum Gasteiger partial charge on any atom is -0.466 e. The van der Waals surface area contributed by atoms with Gasteiger partial charge in [0, 0.05) is 19.4 Å². The van der Waals surface area contributed by atoms with Gasteiger partial charge >= 0.3 is 5.97 Å². The van der Waals surface area contributed by atoms with Crippen molar-refractivity contribution in [2.75, 3.05) is 13.2 Å². The number of hydrogen-bond donors (Lipinski definition) is 0. The predicted molar refractivity (Wildman–Crippen MR) is 107 cm³/mol. The first-order valence-corrected chi connectivity index (χ1v) is 12.9. The van der Waals surface area contributed by atoms with Crippen LogP contribution in [0.15, 0.2) is 0 Å². The average Bonchev–Trinajstić information content (AvgIpc) is 2.81. The minimum atomic E-state index is -2.01. The van der Waals surface area contributed by atoms with Crippen molar-refractivity contribution in [3.8, 4) is 0 Å². The summed E-state index contributed by atoms with van der Waals surface area (Å²) < 4.78 is 23.3. The highest BCUT2D eigenvalue weighted by atomic mass is 28.4. The van der Waals surface area contributed by atoms with Gasteiger partial charge in [-0.05, 0) is 50.7 Å². The summed E-state index contributed by atoms with van der Waals surface area (Å²) in [4.78, 5) is 23.0. The van der Waals surface area contributed by atoms with E-state index in [9.17, 15) is 9.59 Å². The lowest BCUT2D eigenvalue weighted by Gasteiger charge is -2.40. The van der Waals surface area contributed by atoms with E-state index < -0.39 is 8.32 Å². The van der Waals surface area contributed by atoms with Crippen molar-refractivity contribution in [2.45, 2.75) is 91.0 Å². The molecule has 1 fully saturated rings. The van der Waals surface area contributed by atoms with E-state index in [1.165, 1.54) is 6.92 Å². The SMILES string of the molecule is CCOC(C)O[C@@H]1C[C@H](O[Si](C)(C)C(C)(C)C)[C@@H](CCOC(C)=O)[C@H]1C=O. The lowest BCUT2D eigenvalue weighted by atomic mass is 9.92. The molecule has 1 rings (SSSR count). The molecule has 1 aliphatic rings. The average molecular weight is 403 g/mol. The molecule has 0 bridgehead atoms. The number of ether oxygens (including phenoxy) is 3. The van der Waals surface area contributed by atoms with Gasteiger partial charge in [-0.3, -0.25) is 4.79 Å². The Hall–Kier alpha value is -0.763. The standard InChI is InChI=1S/C20H38O6Si/c1-9-23-15(3)25-18-12-19(26-27(7,8)20(4,5)6)16(17(18)13-21)10-11-24-14(2)22/h13,15-19H,9-12H2,1-8H3/t15?,16-,17+,18+,19-/m0/s1. The van der Waals surface area contributed by atoms with Crippen molar-refractivity contribution in [2.24, 2.45) is 11.8 Å². The van der Waals surface area contributed by atoms with Gasteiger partial charge in [-0.1, -0.05) is 20.8 Å². The highest BCUT2D eigenvalue weighted by Crippen LogP contribution is 2.44. The van der Waals surface area contributed by atoms with Gasteiger partial charge in [-0.2, -0.15) is 0 Å². The monoisotopic (exact) mass is 402 g/mol. The van der Waals surface area contributed by atoms with Gasteiger partial charge in [-0.25, -0.2) is 0 Å². The van der Waals surface area contributed by atoms with Gasteiger partial charge in [-0.15, -0.1) is 0 Å². The number of carbonyl (C=O) groups excluding carboxylic acids is 2. The summed E-state index contributed by atoms with van der Waals surface area (Å²) in [7, 11) is -2.01. The summed E-state index contributed by atoms with van der Waals surface area (Å²) in [6, 6.07) is 0. The summed E-state index contributed by atoms with van der Waals surface area (Å²) in [5.41, 5.74) is 0. The van der Waals surface area contributed by atoms with Gasteiger partial charge in [0.2, 0.25) is 0 Å². The molecule has 1 saturated carbocycles. The maximum Gasteiger partial charge on any atom is 0.302 e. The number of esters is 1. The van der Waals surface area contributed by atoms with Crippen LogP contribution >= 0.6 is 0 Å². The molecule has 0 saturated heterocycles. The molecule has 1 unspecified atom stereocenters. The molecule has 6 nitrogen and oxygen atoms in total. The van der Waals surface area contributed by atoms with E-state index >= 15 is 0 Å². The lowest BCUT2D eigenvalue weighted by molar-refractivity contribution is -0.167. The Bertz CT molecular complexity index is 487. The summed E-state index contributed by atoms with van der Waals surface area (Å²) >= 11 is 0. The smallest absolute Gasteiger partial charge is 0.302 e. The maximum atomic E-state index is 11.9. The molecule has 7 heteroatoms. The Labute approximate surface area is 165 Å². The topological polar surface area (TPSA) is 71.1 Å². The molecule has 0 aromatic rings. The van der Waals surface area contributed by atoms with E-state index in [1.54, 1.807) is 0 Å². The molecule has 1 aliphatic carbocycles. The quantitative estimate of drug-likeness (QED) is 0.239. The van der Waals surface area contributed by atoms with Crippen molar-refractivity contribution in [3.63, 3.8) is 0 Å². The van der Waals surface area contributed by atoms with Crippen LogP contribution < -0.4 is 0 Å². The van der Waals surface area contributed by atoms with E-state index in [-0.39, 0.29) is 47.9 Å². The molecule has 158 valence electrons. The zero-order valence-electron chi connectivity index (χ0n) is 18.2. The normalized spacial score (nSPS) is 27.4. The van der Waals surface area contributed by atoms with Crippen LogP contribution in [-0.4, -0.2) is 52.3 Å². The second-order valence-corrected chi connectivity index (χ2v) is 13.6. The number of rotatable bonds is 10. The van der Waals surface area contributed by atoms with Crippen LogP contribution in [0.4, 0.5) is 0 Å². The molecule has 0 amide bonds. The fourth-order valence-corrected chi connectivity index (χ4v) is 4.73. The molecule has 0 heterocycles. The third kappa shape index (κ3) is 6.96. The van der Waals surface area contributed by atoms with Crippen LogP contribution in [0, 0.1) is 11.8 Å². The highest BCUT2D eigenvalue weighted by molar-refractivity contribution is 6.74. The van der Waals surface area contributed by atoms with Crippen LogP contribution in [0.1, 0.15) is 54.4 Å². The second-order valence-electron chi connectivity index (χ2n) is 8.86. The van der Waals surface area contributed by atoms with Crippen molar-refractivity contribution >= 4 is 20.6 Å². The summed E-state index contributed by atoms with van der Waals surface area (Å²) in [5, 5.41) is 0.0711. The third-order valence-corrected chi connectivity index (χ3v) is 10.3. The maximum absolute atomic E-state index is 11.9. The zero-order valence-corrected chi connectivity index (χ0v) is 19.2. The van der Waals surface area contributed by atoms with E-state index in [4.69, 9.17) is 18.6 Å². The Morgan fingerprint density at radius 1 is 1.26 bits per heavy atom. The van der Waals surface area contributed by atoms with E-state index in [0.29, 0.717) is 19.4 Å². The Morgan fingerprint density at radius 3 is 2.37 bits per heavy atom. The minimum absolute atomic E-state index is 0.0326. The van der Waals surface area contributed by atoms with Crippen LogP contribution in [0.25, 0.3) is 0 Å². The molecule has 5 atom stereocenters. The summed E-state index contributed by atoms with van der Waals surface area (Å²) in [6.45, 7) is 17.0. The fraction of sp³-hybridized carbons (Fsp3) is 0.900. The Kier molecular flexibility index (Phi) is 9.12. The van der Waals surface area contributed by atoms with Gasteiger partial charge in [0.05, 0.1) is 18.8 Å². The molecule has 0 radical (unpaired) electrons. The number of carbonyl (C=O) groups is 2. The molecule has 0 aromatic carbocycles. The van der Waals surface area contributed by atoms with Gasteiger partial charge < -0.3 is 23.4 Å². The number of hydrogen-bond acceptors (Lipinski definition) is 6. The van der Waals surface area contributed by atoms with Crippen molar-refractivity contribution < 1.29 is 28.2 Å². The molecule has 0 aromatic heterocycles. The van der Waals surface area contributed by atoms with Crippen molar-refractivity contribution in [1.29, 1.82) is 0 Å². The largest absolute Gasteiger partial charge is 0.466 e. The van der Waals surface area contributed by atoms with E-state index in [0.717, 1.165) is 6.29 Å². The predicted octanol–water partition coefficient (Wildman–Crippen LogP) is 3.93. The first-order chi connectivity index (χ1) is 12.4. The summed E-state index contributed by atoms with van der Waals surface area (Å²) in [5.74, 6) is -0.636. The van der Waals surface area contributed by atoms with Crippen molar-refractivity contribution in [3.05, 3.63) is 0 Å². The van der Waals surface area contributed by atoms with Gasteiger partial charge in [0.25, 0.3) is 0 Å². The summed E-state index contributed by atoms with van der Waals surface area (Å²) in [6.07, 6.45) is 1.50. The zero-order chi connectivity index (χ0) is 20.8.